The van der Waals surface area contributed by atoms with Gasteiger partial charge in [-0.05, 0) is 23.8 Å². The molecular weight excluding hydrogens is 332 g/mol. The topological polar surface area (TPSA) is 70.5 Å². The SMILES string of the molecule is O=C(O)CCN1C(=O)/C(=C/c2ccnc3ccccc23)SC1=S. The number of fused-ring (bicyclic) bond motifs is 1. The van der Waals surface area contributed by atoms with E-state index in [4.69, 9.17) is 17.3 Å². The number of carbonyl (C=O) groups is 2. The van der Waals surface area contributed by atoms with Crippen LogP contribution in [-0.2, 0) is 9.59 Å². The monoisotopic (exact) mass is 344 g/mol. The number of aliphatic carboxylic acids is 1. The number of hydrogen-bond acceptors (Lipinski definition) is 5. The van der Waals surface area contributed by atoms with Gasteiger partial charge >= 0.3 is 5.97 Å². The van der Waals surface area contributed by atoms with Crippen LogP contribution in [0.25, 0.3) is 17.0 Å². The fourth-order valence-corrected chi connectivity index (χ4v) is 3.58. The Labute approximate surface area is 142 Å². The number of aromatic nitrogens is 1. The third kappa shape index (κ3) is 3.25. The van der Waals surface area contributed by atoms with Crippen LogP contribution >= 0.6 is 24.0 Å². The summed E-state index contributed by atoms with van der Waals surface area (Å²) in [7, 11) is 0. The van der Waals surface area contributed by atoms with Crippen LogP contribution in [-0.4, -0.2) is 37.7 Å². The number of hydrogen-bond donors (Lipinski definition) is 1. The van der Waals surface area contributed by atoms with Crippen molar-refractivity contribution < 1.29 is 14.7 Å². The third-order valence-corrected chi connectivity index (χ3v) is 4.77. The molecule has 0 spiro atoms. The lowest BCUT2D eigenvalue weighted by Gasteiger charge is -2.12. The molecule has 1 fully saturated rings. The van der Waals surface area contributed by atoms with Gasteiger partial charge in [-0.2, -0.15) is 0 Å². The van der Waals surface area contributed by atoms with Crippen molar-refractivity contribution in [1.29, 1.82) is 0 Å². The number of carboxylic acids is 1. The minimum Gasteiger partial charge on any atom is -0.481 e. The maximum atomic E-state index is 12.4. The van der Waals surface area contributed by atoms with Crippen molar-refractivity contribution >= 4 is 57.2 Å². The number of pyridine rings is 1. The number of carbonyl (C=O) groups excluding carboxylic acids is 1. The van der Waals surface area contributed by atoms with Gasteiger partial charge in [0.1, 0.15) is 4.32 Å². The summed E-state index contributed by atoms with van der Waals surface area (Å²) in [6.45, 7) is 0.0917. The Hall–Kier alpha value is -2.25. The van der Waals surface area contributed by atoms with Gasteiger partial charge in [0.05, 0.1) is 16.8 Å². The molecule has 1 N–H and O–H groups in total. The molecule has 0 unspecified atom stereocenters. The summed E-state index contributed by atoms with van der Waals surface area (Å²) in [5.41, 5.74) is 1.73. The van der Waals surface area contributed by atoms with E-state index in [1.165, 1.54) is 16.7 Å². The number of thiocarbonyl (C=S) groups is 1. The van der Waals surface area contributed by atoms with E-state index in [9.17, 15) is 9.59 Å². The van der Waals surface area contributed by atoms with Crippen LogP contribution in [0.1, 0.15) is 12.0 Å². The van der Waals surface area contributed by atoms with E-state index < -0.39 is 5.97 Å². The lowest BCUT2D eigenvalue weighted by atomic mass is 10.1. The van der Waals surface area contributed by atoms with Gasteiger partial charge in [0.15, 0.2) is 0 Å². The Balaban J connectivity index is 1.92. The van der Waals surface area contributed by atoms with Gasteiger partial charge in [-0.15, -0.1) is 0 Å². The van der Waals surface area contributed by atoms with Crippen molar-refractivity contribution in [2.45, 2.75) is 6.42 Å². The lowest BCUT2D eigenvalue weighted by Crippen LogP contribution is -2.30. The number of carboxylic acid groups (broad SMARTS) is 1. The summed E-state index contributed by atoms with van der Waals surface area (Å²) in [5.74, 6) is -1.20. The van der Waals surface area contributed by atoms with E-state index >= 15 is 0 Å². The molecule has 1 aliphatic rings. The van der Waals surface area contributed by atoms with Gasteiger partial charge in [0.25, 0.3) is 5.91 Å². The quantitative estimate of drug-likeness (QED) is 0.679. The molecule has 23 heavy (non-hydrogen) atoms. The van der Waals surface area contributed by atoms with Crippen LogP contribution in [0.3, 0.4) is 0 Å². The van der Waals surface area contributed by atoms with Gasteiger partial charge in [-0.25, -0.2) is 0 Å². The number of amides is 1. The Morgan fingerprint density at radius 2 is 2.13 bits per heavy atom. The first-order chi connectivity index (χ1) is 11.1. The second kappa shape index (κ2) is 6.47. The first-order valence-corrected chi connectivity index (χ1v) is 8.09. The van der Waals surface area contributed by atoms with E-state index in [-0.39, 0.29) is 18.9 Å². The Kier molecular flexibility index (Phi) is 4.40. The highest BCUT2D eigenvalue weighted by Gasteiger charge is 2.32. The average molecular weight is 344 g/mol. The van der Waals surface area contributed by atoms with Crippen LogP contribution in [0.4, 0.5) is 0 Å². The molecule has 2 aromatic rings. The molecule has 1 aromatic heterocycles. The summed E-state index contributed by atoms with van der Waals surface area (Å²) >= 11 is 6.37. The van der Waals surface area contributed by atoms with E-state index in [2.05, 4.69) is 4.98 Å². The molecule has 1 amide bonds. The normalized spacial score (nSPS) is 16.5. The van der Waals surface area contributed by atoms with Gasteiger partial charge in [0.2, 0.25) is 0 Å². The summed E-state index contributed by atoms with van der Waals surface area (Å²) < 4.78 is 0.390. The Morgan fingerprint density at radius 3 is 2.91 bits per heavy atom. The predicted octanol–water partition coefficient (Wildman–Crippen LogP) is 2.91. The zero-order chi connectivity index (χ0) is 16.4. The summed E-state index contributed by atoms with van der Waals surface area (Å²) in [6.07, 6.45) is 3.35. The molecule has 7 heteroatoms. The molecule has 0 aliphatic carbocycles. The van der Waals surface area contributed by atoms with Crippen LogP contribution in [0, 0.1) is 0 Å². The summed E-state index contributed by atoms with van der Waals surface area (Å²) in [6, 6.07) is 9.51. The summed E-state index contributed by atoms with van der Waals surface area (Å²) in [4.78, 5) is 29.2. The Bertz CT molecular complexity index is 843. The molecule has 1 saturated heterocycles. The van der Waals surface area contributed by atoms with E-state index in [1.807, 2.05) is 30.3 Å². The third-order valence-electron chi connectivity index (χ3n) is 3.39. The predicted molar refractivity (Wildman–Crippen MR) is 93.9 cm³/mol. The smallest absolute Gasteiger partial charge is 0.305 e. The van der Waals surface area contributed by atoms with Crippen molar-refractivity contribution in [3.63, 3.8) is 0 Å². The standard InChI is InChI=1S/C16H12N2O3S2/c19-14(20)6-8-18-15(21)13(23-16(18)22)9-10-5-7-17-12-4-2-1-3-11(10)12/h1-5,7,9H,6,8H2,(H,19,20)/b13-9-. The van der Waals surface area contributed by atoms with Crippen molar-refractivity contribution in [2.24, 2.45) is 0 Å². The largest absolute Gasteiger partial charge is 0.481 e. The van der Waals surface area contributed by atoms with Crippen LogP contribution < -0.4 is 0 Å². The first-order valence-electron chi connectivity index (χ1n) is 6.87. The number of benzene rings is 1. The fourth-order valence-electron chi connectivity index (χ4n) is 2.29. The molecule has 1 aromatic carbocycles. The highest BCUT2D eigenvalue weighted by Crippen LogP contribution is 2.33. The minimum absolute atomic E-state index is 0.0917. The molecule has 0 saturated carbocycles. The summed E-state index contributed by atoms with van der Waals surface area (Å²) in [5, 5.41) is 9.71. The zero-order valence-electron chi connectivity index (χ0n) is 11.9. The van der Waals surface area contributed by atoms with Crippen LogP contribution in [0.2, 0.25) is 0 Å². The second-order valence-corrected chi connectivity index (χ2v) is 6.57. The Morgan fingerprint density at radius 1 is 1.35 bits per heavy atom. The maximum absolute atomic E-state index is 12.4. The zero-order valence-corrected chi connectivity index (χ0v) is 13.6. The first kappa shape index (κ1) is 15.6. The maximum Gasteiger partial charge on any atom is 0.305 e. The van der Waals surface area contributed by atoms with Gasteiger partial charge < -0.3 is 5.11 Å². The molecule has 0 radical (unpaired) electrons. The van der Waals surface area contributed by atoms with Gasteiger partial charge in [-0.3, -0.25) is 19.5 Å². The lowest BCUT2D eigenvalue weighted by molar-refractivity contribution is -0.137. The average Bonchev–Trinajstić information content (AvgIpc) is 2.79. The van der Waals surface area contributed by atoms with E-state index in [0.717, 1.165) is 16.5 Å². The van der Waals surface area contributed by atoms with Crippen molar-refractivity contribution in [1.82, 2.24) is 9.88 Å². The van der Waals surface area contributed by atoms with Crippen molar-refractivity contribution in [3.05, 3.63) is 47.0 Å². The molecule has 0 bridgehead atoms. The highest BCUT2D eigenvalue weighted by atomic mass is 32.2. The molecular formula is C16H12N2O3S2. The minimum atomic E-state index is -0.955. The fraction of sp³-hybridized carbons (Fsp3) is 0.125. The number of rotatable bonds is 4. The van der Waals surface area contributed by atoms with Crippen LogP contribution in [0.5, 0.6) is 0 Å². The molecule has 116 valence electrons. The molecule has 0 atom stereocenters. The van der Waals surface area contributed by atoms with Crippen molar-refractivity contribution in [2.75, 3.05) is 6.54 Å². The molecule has 3 rings (SSSR count). The molecule has 2 heterocycles. The van der Waals surface area contributed by atoms with E-state index in [1.54, 1.807) is 12.3 Å². The highest BCUT2D eigenvalue weighted by molar-refractivity contribution is 8.26. The molecule has 5 nitrogen and oxygen atoms in total. The van der Waals surface area contributed by atoms with E-state index in [0.29, 0.717) is 9.23 Å². The van der Waals surface area contributed by atoms with Crippen molar-refractivity contribution in [3.8, 4) is 0 Å². The molecule has 1 aliphatic heterocycles. The number of para-hydroxylation sites is 1. The van der Waals surface area contributed by atoms with Gasteiger partial charge in [0, 0.05) is 18.1 Å². The number of thioether (sulfide) groups is 1. The second-order valence-electron chi connectivity index (χ2n) is 4.89. The van der Waals surface area contributed by atoms with Gasteiger partial charge in [-0.1, -0.05) is 42.2 Å². The van der Waals surface area contributed by atoms with Crippen LogP contribution in [0.15, 0.2) is 41.4 Å². The number of nitrogens with zero attached hydrogens (tertiary/aromatic N) is 2.